The summed E-state index contributed by atoms with van der Waals surface area (Å²) in [6.07, 6.45) is 0.470. The molecule has 2 atom stereocenters. The summed E-state index contributed by atoms with van der Waals surface area (Å²) >= 11 is 0. The van der Waals surface area contributed by atoms with Gasteiger partial charge in [-0.3, -0.25) is 4.79 Å². The zero-order chi connectivity index (χ0) is 16.2. The van der Waals surface area contributed by atoms with Gasteiger partial charge in [0.25, 0.3) is 0 Å². The first kappa shape index (κ1) is 17.8. The average molecular weight is 299 g/mol. The molecule has 1 saturated heterocycles. The first-order valence-electron chi connectivity index (χ1n) is 7.61. The molecule has 0 radical (unpaired) electrons. The van der Waals surface area contributed by atoms with E-state index in [1.54, 1.807) is 4.90 Å². The molecule has 3 N–H and O–H groups in total. The topological polar surface area (TPSA) is 84.7 Å². The van der Waals surface area contributed by atoms with Crippen LogP contribution in [0.5, 0.6) is 0 Å². The second kappa shape index (κ2) is 7.11. The van der Waals surface area contributed by atoms with Crippen LogP contribution in [-0.4, -0.2) is 48.2 Å². The van der Waals surface area contributed by atoms with Gasteiger partial charge < -0.3 is 20.7 Å². The molecule has 0 bridgehead atoms. The van der Waals surface area contributed by atoms with Crippen LogP contribution in [-0.2, 0) is 9.53 Å². The Balaban J connectivity index is 2.35. The maximum Gasteiger partial charge on any atom is 0.407 e. The fourth-order valence-electron chi connectivity index (χ4n) is 2.24. The van der Waals surface area contributed by atoms with Crippen molar-refractivity contribution in [3.8, 4) is 0 Å². The van der Waals surface area contributed by atoms with Crippen molar-refractivity contribution in [1.29, 1.82) is 0 Å². The van der Waals surface area contributed by atoms with Crippen molar-refractivity contribution in [2.24, 2.45) is 17.6 Å². The fraction of sp³-hybridized carbons (Fsp3) is 0.867. The van der Waals surface area contributed by atoms with Gasteiger partial charge >= 0.3 is 6.09 Å². The Kier molecular flexibility index (Phi) is 6.01. The van der Waals surface area contributed by atoms with E-state index in [1.165, 1.54) is 0 Å². The summed E-state index contributed by atoms with van der Waals surface area (Å²) in [5.74, 6) is 0.405. The van der Waals surface area contributed by atoms with Crippen LogP contribution in [0.15, 0.2) is 0 Å². The Hall–Kier alpha value is -1.30. The van der Waals surface area contributed by atoms with Gasteiger partial charge in [0.1, 0.15) is 5.60 Å². The molecule has 122 valence electrons. The summed E-state index contributed by atoms with van der Waals surface area (Å²) in [6.45, 7) is 11.3. The lowest BCUT2D eigenvalue weighted by Crippen LogP contribution is -2.46. The van der Waals surface area contributed by atoms with E-state index in [9.17, 15) is 9.59 Å². The van der Waals surface area contributed by atoms with Crippen LogP contribution in [0.3, 0.4) is 0 Å². The average Bonchev–Trinajstić information content (AvgIpc) is 2.81. The van der Waals surface area contributed by atoms with Crippen molar-refractivity contribution >= 4 is 12.0 Å². The maximum atomic E-state index is 12.1. The third kappa shape index (κ3) is 5.91. The first-order valence-corrected chi connectivity index (χ1v) is 7.61. The van der Waals surface area contributed by atoms with Crippen molar-refractivity contribution in [2.45, 2.75) is 52.7 Å². The van der Waals surface area contributed by atoms with E-state index >= 15 is 0 Å². The number of hydrogen-bond acceptors (Lipinski definition) is 4. The lowest BCUT2D eigenvalue weighted by Gasteiger charge is -2.23. The number of rotatable bonds is 4. The van der Waals surface area contributed by atoms with E-state index < -0.39 is 17.7 Å². The van der Waals surface area contributed by atoms with Gasteiger partial charge in [0.05, 0.1) is 6.04 Å². The number of carbonyl (C=O) groups is 2. The molecule has 6 heteroatoms. The van der Waals surface area contributed by atoms with Crippen LogP contribution >= 0.6 is 0 Å². The summed E-state index contributed by atoms with van der Waals surface area (Å²) in [5, 5.41) is 2.76. The number of hydrogen-bond donors (Lipinski definition) is 2. The fourth-order valence-corrected chi connectivity index (χ4v) is 2.24. The van der Waals surface area contributed by atoms with Crippen LogP contribution < -0.4 is 11.1 Å². The molecule has 21 heavy (non-hydrogen) atoms. The zero-order valence-corrected chi connectivity index (χ0v) is 13.8. The minimum Gasteiger partial charge on any atom is -0.444 e. The van der Waals surface area contributed by atoms with Crippen LogP contribution in [0.4, 0.5) is 4.79 Å². The summed E-state index contributed by atoms with van der Waals surface area (Å²) in [5.41, 5.74) is 5.40. The van der Waals surface area contributed by atoms with Crippen molar-refractivity contribution in [3.05, 3.63) is 0 Å². The van der Waals surface area contributed by atoms with Gasteiger partial charge in [0.2, 0.25) is 5.91 Å². The predicted octanol–water partition coefficient (Wildman–Crippen LogP) is 1.34. The Bertz CT molecular complexity index is 377. The predicted molar refractivity (Wildman–Crippen MR) is 81.7 cm³/mol. The molecule has 0 aromatic heterocycles. The lowest BCUT2D eigenvalue weighted by atomic mass is 10.0. The molecule has 0 aliphatic carbocycles. The Morgan fingerprint density at radius 2 is 2.00 bits per heavy atom. The van der Waals surface area contributed by atoms with E-state index in [4.69, 9.17) is 10.5 Å². The van der Waals surface area contributed by atoms with Crippen LogP contribution in [0.25, 0.3) is 0 Å². The van der Waals surface area contributed by atoms with E-state index in [-0.39, 0.29) is 17.7 Å². The molecule has 2 amide bonds. The number of alkyl carbamates (subject to hydrolysis) is 1. The van der Waals surface area contributed by atoms with Crippen molar-refractivity contribution in [1.82, 2.24) is 10.2 Å². The van der Waals surface area contributed by atoms with Crippen LogP contribution in [0.2, 0.25) is 0 Å². The minimum absolute atomic E-state index is 0.00441. The number of nitrogens with zero attached hydrogens (tertiary/aromatic N) is 1. The number of amides is 2. The highest BCUT2D eigenvalue weighted by Gasteiger charge is 2.30. The molecule has 0 saturated carbocycles. The SMILES string of the molecule is CC(C)[C@H](N)C(=O)N1CCC(CNC(=O)OC(C)(C)C)C1. The molecule has 1 fully saturated rings. The summed E-state index contributed by atoms with van der Waals surface area (Å²) in [4.78, 5) is 25.5. The largest absolute Gasteiger partial charge is 0.444 e. The smallest absolute Gasteiger partial charge is 0.407 e. The molecule has 1 unspecified atom stereocenters. The first-order chi connectivity index (χ1) is 9.60. The molecule has 6 nitrogen and oxygen atoms in total. The number of carbonyl (C=O) groups excluding carboxylic acids is 2. The lowest BCUT2D eigenvalue weighted by molar-refractivity contribution is -0.132. The van der Waals surface area contributed by atoms with Crippen molar-refractivity contribution in [3.63, 3.8) is 0 Å². The number of ether oxygens (including phenoxy) is 1. The van der Waals surface area contributed by atoms with Gasteiger partial charge in [-0.05, 0) is 39.0 Å². The molecule has 1 heterocycles. The van der Waals surface area contributed by atoms with E-state index in [0.29, 0.717) is 19.6 Å². The normalized spacial score (nSPS) is 20.5. The maximum absolute atomic E-state index is 12.1. The Labute approximate surface area is 127 Å². The number of nitrogens with two attached hydrogens (primary N) is 1. The van der Waals surface area contributed by atoms with Crippen molar-refractivity contribution < 1.29 is 14.3 Å². The molecule has 0 spiro atoms. The van der Waals surface area contributed by atoms with Gasteiger partial charge in [-0.1, -0.05) is 13.8 Å². The molecule has 0 aromatic carbocycles. The van der Waals surface area contributed by atoms with Gasteiger partial charge in [-0.2, -0.15) is 0 Å². The second-order valence-corrected chi connectivity index (χ2v) is 7.09. The van der Waals surface area contributed by atoms with Crippen LogP contribution in [0.1, 0.15) is 41.0 Å². The number of likely N-dealkylation sites (tertiary alicyclic amines) is 1. The summed E-state index contributed by atoms with van der Waals surface area (Å²) < 4.78 is 5.19. The molecule has 0 aromatic rings. The van der Waals surface area contributed by atoms with E-state index in [0.717, 1.165) is 6.42 Å². The zero-order valence-electron chi connectivity index (χ0n) is 13.8. The monoisotopic (exact) mass is 299 g/mol. The Morgan fingerprint density at radius 1 is 1.38 bits per heavy atom. The van der Waals surface area contributed by atoms with Crippen molar-refractivity contribution in [2.75, 3.05) is 19.6 Å². The second-order valence-electron chi connectivity index (χ2n) is 7.09. The van der Waals surface area contributed by atoms with Gasteiger partial charge in [-0.15, -0.1) is 0 Å². The third-order valence-electron chi connectivity index (χ3n) is 3.53. The molecule has 1 rings (SSSR count). The van der Waals surface area contributed by atoms with Crippen LogP contribution in [0, 0.1) is 11.8 Å². The molecular formula is C15H29N3O3. The third-order valence-corrected chi connectivity index (χ3v) is 3.53. The number of nitrogens with one attached hydrogen (secondary N) is 1. The van der Waals surface area contributed by atoms with E-state index in [1.807, 2.05) is 34.6 Å². The van der Waals surface area contributed by atoms with Gasteiger partial charge in [0, 0.05) is 19.6 Å². The Morgan fingerprint density at radius 3 is 2.52 bits per heavy atom. The highest BCUT2D eigenvalue weighted by molar-refractivity contribution is 5.82. The van der Waals surface area contributed by atoms with Gasteiger partial charge in [-0.25, -0.2) is 4.79 Å². The highest BCUT2D eigenvalue weighted by Crippen LogP contribution is 2.17. The molecule has 1 aliphatic rings. The molecular weight excluding hydrogens is 270 g/mol. The van der Waals surface area contributed by atoms with E-state index in [2.05, 4.69) is 5.32 Å². The molecule has 1 aliphatic heterocycles. The van der Waals surface area contributed by atoms with Gasteiger partial charge in [0.15, 0.2) is 0 Å². The minimum atomic E-state index is -0.494. The quantitative estimate of drug-likeness (QED) is 0.820. The summed E-state index contributed by atoms with van der Waals surface area (Å²) in [6, 6.07) is -0.442. The summed E-state index contributed by atoms with van der Waals surface area (Å²) in [7, 11) is 0. The highest BCUT2D eigenvalue weighted by atomic mass is 16.6. The standard InChI is InChI=1S/C15H29N3O3/c1-10(2)12(16)13(19)18-7-6-11(9-18)8-17-14(20)21-15(3,4)5/h10-12H,6-9,16H2,1-5H3,(H,17,20)/t11?,12-/m0/s1.